The third kappa shape index (κ3) is 8.08. The van der Waals surface area contributed by atoms with E-state index in [1.165, 1.54) is 0 Å². The van der Waals surface area contributed by atoms with Crippen LogP contribution in [-0.2, 0) is 29.0 Å². The van der Waals surface area contributed by atoms with Crippen molar-refractivity contribution in [3.05, 3.63) is 132 Å². The lowest BCUT2D eigenvalue weighted by atomic mass is 10.0. The van der Waals surface area contributed by atoms with Gasteiger partial charge in [-0.05, 0) is 53.4 Å². The van der Waals surface area contributed by atoms with E-state index in [9.17, 15) is 14.4 Å². The lowest BCUT2D eigenvalue weighted by molar-refractivity contribution is -0.121. The maximum Gasteiger partial charge on any atom is 0.322 e. The number of fused-ring (bicyclic) bond motifs is 1. The zero-order valence-electron chi connectivity index (χ0n) is 23.5. The lowest BCUT2D eigenvalue weighted by Gasteiger charge is -2.19. The van der Waals surface area contributed by atoms with Crippen LogP contribution in [0.3, 0.4) is 0 Å². The molecule has 0 fully saturated rings. The van der Waals surface area contributed by atoms with Gasteiger partial charge in [0.2, 0.25) is 11.8 Å². The molecule has 9 heteroatoms. The minimum absolute atomic E-state index is 0.203. The Bertz CT molecular complexity index is 1670. The number of amides is 4. The number of anilines is 1. The Morgan fingerprint density at radius 2 is 1.42 bits per heavy atom. The molecule has 6 N–H and O–H groups in total. The van der Waals surface area contributed by atoms with Crippen LogP contribution in [0.2, 0.25) is 0 Å². The van der Waals surface area contributed by atoms with Gasteiger partial charge in [-0.1, -0.05) is 78.9 Å². The SMILES string of the molecule is N[C@@H](Cc1ccc(OCc2ccccc2)cc1)C(=O)NC(=O)N[C@@H](Cc1c[nH]c2ccccc12)C(=O)Nc1ccccc1. The van der Waals surface area contributed by atoms with Crippen LogP contribution >= 0.6 is 0 Å². The molecule has 0 saturated carbocycles. The Hall–Kier alpha value is -5.41. The molecule has 5 aromatic rings. The number of ether oxygens (including phenoxy) is 1. The Labute approximate surface area is 249 Å². The topological polar surface area (TPSA) is 138 Å². The number of hydrogen-bond donors (Lipinski definition) is 5. The summed E-state index contributed by atoms with van der Waals surface area (Å²) in [5, 5.41) is 8.71. The number of benzene rings is 4. The summed E-state index contributed by atoms with van der Waals surface area (Å²) in [6.07, 6.45) is 2.23. The van der Waals surface area contributed by atoms with Crippen molar-refractivity contribution >= 4 is 34.4 Å². The molecule has 0 saturated heterocycles. The number of para-hydroxylation sites is 2. The minimum Gasteiger partial charge on any atom is -0.489 e. The lowest BCUT2D eigenvalue weighted by Crippen LogP contribution is -2.53. The van der Waals surface area contributed by atoms with Crippen LogP contribution in [0.5, 0.6) is 5.75 Å². The smallest absolute Gasteiger partial charge is 0.322 e. The molecule has 5 rings (SSSR count). The van der Waals surface area contributed by atoms with Gasteiger partial charge in [-0.25, -0.2) is 4.79 Å². The average molecular weight is 576 g/mol. The van der Waals surface area contributed by atoms with Crippen LogP contribution in [0.15, 0.2) is 115 Å². The van der Waals surface area contributed by atoms with Crippen LogP contribution in [0.25, 0.3) is 10.9 Å². The van der Waals surface area contributed by atoms with E-state index in [2.05, 4.69) is 20.9 Å². The number of urea groups is 1. The molecule has 218 valence electrons. The molecule has 0 aliphatic heterocycles. The van der Waals surface area contributed by atoms with E-state index < -0.39 is 29.9 Å². The van der Waals surface area contributed by atoms with Gasteiger partial charge >= 0.3 is 6.03 Å². The van der Waals surface area contributed by atoms with Gasteiger partial charge in [0.25, 0.3) is 0 Å². The summed E-state index contributed by atoms with van der Waals surface area (Å²) < 4.78 is 5.81. The first-order chi connectivity index (χ1) is 20.9. The zero-order chi connectivity index (χ0) is 30.0. The molecule has 0 bridgehead atoms. The number of rotatable bonds is 11. The molecule has 0 spiro atoms. The molecular formula is C34H33N5O4. The molecule has 0 radical (unpaired) electrons. The first kappa shape index (κ1) is 29.1. The summed E-state index contributed by atoms with van der Waals surface area (Å²) in [5.41, 5.74) is 10.4. The van der Waals surface area contributed by atoms with Crippen molar-refractivity contribution in [1.82, 2.24) is 15.6 Å². The highest BCUT2D eigenvalue weighted by Gasteiger charge is 2.25. The van der Waals surface area contributed by atoms with Gasteiger partial charge in [0.1, 0.15) is 18.4 Å². The number of carbonyl (C=O) groups is 3. The summed E-state index contributed by atoms with van der Waals surface area (Å²) in [7, 11) is 0. The molecule has 4 aromatic carbocycles. The van der Waals surface area contributed by atoms with Crippen molar-refractivity contribution in [2.75, 3.05) is 5.32 Å². The predicted molar refractivity (Wildman–Crippen MR) is 166 cm³/mol. The second-order valence-corrected chi connectivity index (χ2v) is 10.2. The number of hydrogen-bond acceptors (Lipinski definition) is 5. The predicted octanol–water partition coefficient (Wildman–Crippen LogP) is 4.69. The summed E-state index contributed by atoms with van der Waals surface area (Å²) >= 11 is 0. The number of carbonyl (C=O) groups excluding carboxylic acids is 3. The fourth-order valence-corrected chi connectivity index (χ4v) is 4.69. The van der Waals surface area contributed by atoms with Crippen molar-refractivity contribution in [2.45, 2.75) is 31.5 Å². The molecule has 43 heavy (non-hydrogen) atoms. The third-order valence-corrected chi connectivity index (χ3v) is 6.96. The Balaban J connectivity index is 1.18. The Morgan fingerprint density at radius 3 is 2.16 bits per heavy atom. The second-order valence-electron chi connectivity index (χ2n) is 10.2. The number of aromatic nitrogens is 1. The first-order valence-corrected chi connectivity index (χ1v) is 14.0. The van der Waals surface area contributed by atoms with Gasteiger partial charge in [-0.2, -0.15) is 0 Å². The summed E-state index contributed by atoms with van der Waals surface area (Å²) in [6.45, 7) is 0.446. The molecular weight excluding hydrogens is 542 g/mol. The summed E-state index contributed by atoms with van der Waals surface area (Å²) in [5.74, 6) is -0.380. The number of H-pyrrole nitrogens is 1. The highest BCUT2D eigenvalue weighted by Crippen LogP contribution is 2.20. The van der Waals surface area contributed by atoms with Crippen molar-refractivity contribution < 1.29 is 19.1 Å². The molecule has 4 amide bonds. The van der Waals surface area contributed by atoms with Gasteiger partial charge in [0, 0.05) is 29.2 Å². The average Bonchev–Trinajstić information content (AvgIpc) is 3.44. The molecule has 0 aliphatic rings. The summed E-state index contributed by atoms with van der Waals surface area (Å²) in [6, 6.07) is 31.0. The maximum atomic E-state index is 13.2. The van der Waals surface area contributed by atoms with Crippen LogP contribution in [0.4, 0.5) is 10.5 Å². The van der Waals surface area contributed by atoms with Gasteiger partial charge in [0.05, 0.1) is 6.04 Å². The standard InChI is InChI=1S/C34H33N5O4/c35-29(19-23-15-17-27(18-16-23)43-22-24-9-3-1-4-10-24)32(40)39-34(42)38-31(33(41)37-26-11-5-2-6-12-26)20-25-21-36-30-14-8-7-13-28(25)30/h1-18,21,29,31,36H,19-20,22,35H2,(H,37,41)(H2,38,39,40,42)/t29-,31-/m0/s1. The number of nitrogens with one attached hydrogen (secondary N) is 4. The van der Waals surface area contributed by atoms with Crippen LogP contribution in [0.1, 0.15) is 16.7 Å². The third-order valence-electron chi connectivity index (χ3n) is 6.96. The van der Waals surface area contributed by atoms with Gasteiger partial charge < -0.3 is 26.1 Å². The van der Waals surface area contributed by atoms with E-state index in [1.54, 1.807) is 24.3 Å². The molecule has 0 unspecified atom stereocenters. The van der Waals surface area contributed by atoms with Crippen LogP contribution in [0, 0.1) is 0 Å². The molecule has 1 heterocycles. The molecule has 2 atom stereocenters. The molecule has 0 aliphatic carbocycles. The minimum atomic E-state index is -0.980. The van der Waals surface area contributed by atoms with E-state index in [0.717, 1.165) is 27.6 Å². The van der Waals surface area contributed by atoms with Crippen molar-refractivity contribution in [2.24, 2.45) is 5.73 Å². The van der Waals surface area contributed by atoms with Gasteiger partial charge in [-0.15, -0.1) is 0 Å². The van der Waals surface area contributed by atoms with Crippen molar-refractivity contribution in [1.29, 1.82) is 0 Å². The van der Waals surface area contributed by atoms with Crippen LogP contribution < -0.4 is 26.4 Å². The van der Waals surface area contributed by atoms with Gasteiger partial charge in [-0.3, -0.25) is 14.9 Å². The van der Waals surface area contributed by atoms with E-state index in [1.807, 2.05) is 91.1 Å². The van der Waals surface area contributed by atoms with Gasteiger partial charge in [0.15, 0.2) is 0 Å². The zero-order valence-corrected chi connectivity index (χ0v) is 23.5. The number of nitrogens with two attached hydrogens (primary N) is 1. The highest BCUT2D eigenvalue weighted by molar-refractivity contribution is 6.01. The Morgan fingerprint density at radius 1 is 0.744 bits per heavy atom. The fraction of sp³-hybridized carbons (Fsp3) is 0.147. The summed E-state index contributed by atoms with van der Waals surface area (Å²) in [4.78, 5) is 42.1. The molecule has 9 nitrogen and oxygen atoms in total. The van der Waals surface area contributed by atoms with E-state index in [0.29, 0.717) is 18.0 Å². The first-order valence-electron chi connectivity index (χ1n) is 14.0. The largest absolute Gasteiger partial charge is 0.489 e. The van der Waals surface area contributed by atoms with E-state index in [4.69, 9.17) is 10.5 Å². The second kappa shape index (κ2) is 14.0. The van der Waals surface area contributed by atoms with Crippen LogP contribution in [-0.4, -0.2) is 34.9 Å². The normalized spacial score (nSPS) is 12.2. The number of imide groups is 1. The van der Waals surface area contributed by atoms with Crippen molar-refractivity contribution in [3.63, 3.8) is 0 Å². The highest BCUT2D eigenvalue weighted by atomic mass is 16.5. The number of aromatic amines is 1. The van der Waals surface area contributed by atoms with Crippen molar-refractivity contribution in [3.8, 4) is 5.75 Å². The quantitative estimate of drug-likeness (QED) is 0.156. The maximum absolute atomic E-state index is 13.2. The monoisotopic (exact) mass is 575 g/mol. The molecule has 1 aromatic heterocycles. The Kier molecular flexibility index (Phi) is 9.46. The van der Waals surface area contributed by atoms with E-state index >= 15 is 0 Å². The fourth-order valence-electron chi connectivity index (χ4n) is 4.69. The van der Waals surface area contributed by atoms with E-state index in [-0.39, 0.29) is 12.8 Å².